The lowest BCUT2D eigenvalue weighted by atomic mass is 9.73. The Balaban J connectivity index is 1.13. The summed E-state index contributed by atoms with van der Waals surface area (Å²) in [7, 11) is 0. The normalized spacial score (nSPS) is 16.3. The van der Waals surface area contributed by atoms with Gasteiger partial charge in [-0.3, -0.25) is 9.59 Å². The number of alkyl halides is 3. The van der Waals surface area contributed by atoms with Crippen molar-refractivity contribution >= 4 is 11.8 Å². The summed E-state index contributed by atoms with van der Waals surface area (Å²) in [5.41, 5.74) is 2.16. The second-order valence-electron chi connectivity index (χ2n) is 11.3. The van der Waals surface area contributed by atoms with E-state index < -0.39 is 24.0 Å². The maximum atomic E-state index is 13.6. The molecule has 0 radical (unpaired) electrons. The van der Waals surface area contributed by atoms with Gasteiger partial charge in [0, 0.05) is 19.1 Å². The van der Waals surface area contributed by atoms with Crippen molar-refractivity contribution in [2.75, 3.05) is 32.8 Å². The molecule has 6 nitrogen and oxygen atoms in total. The number of nitrogens with zero attached hydrogens (tertiary/aromatic N) is 1. The highest BCUT2D eigenvalue weighted by atomic mass is 19.4. The van der Waals surface area contributed by atoms with E-state index in [1.807, 2.05) is 78.9 Å². The van der Waals surface area contributed by atoms with Gasteiger partial charge in [-0.1, -0.05) is 73.2 Å². The van der Waals surface area contributed by atoms with Gasteiger partial charge in [-0.25, -0.2) is 0 Å². The van der Waals surface area contributed by atoms with Crippen LogP contribution in [0.3, 0.4) is 0 Å². The number of carbonyl (C=O) groups is 2. The van der Waals surface area contributed by atoms with Crippen molar-refractivity contribution in [2.45, 2.75) is 56.2 Å². The summed E-state index contributed by atoms with van der Waals surface area (Å²) in [4.78, 5) is 28.4. The molecule has 2 amide bonds. The second kappa shape index (κ2) is 13.6. The predicted molar refractivity (Wildman–Crippen MR) is 160 cm³/mol. The predicted octanol–water partition coefficient (Wildman–Crippen LogP) is 5.85. The Kier molecular flexibility index (Phi) is 9.70. The van der Waals surface area contributed by atoms with Crippen LogP contribution in [0.5, 0.6) is 5.75 Å². The molecule has 228 valence electrons. The third kappa shape index (κ3) is 7.39. The van der Waals surface area contributed by atoms with E-state index in [0.29, 0.717) is 25.9 Å². The highest BCUT2D eigenvalue weighted by Gasteiger charge is 2.49. The van der Waals surface area contributed by atoms with Crippen LogP contribution in [0.4, 0.5) is 13.2 Å². The molecule has 0 saturated carbocycles. The number of likely N-dealkylation sites (tertiary alicyclic amines) is 1. The van der Waals surface area contributed by atoms with E-state index in [1.54, 1.807) is 0 Å². The van der Waals surface area contributed by atoms with Gasteiger partial charge in [-0.2, -0.15) is 13.2 Å². The summed E-state index contributed by atoms with van der Waals surface area (Å²) in [5.74, 6) is 0.131. The molecule has 9 heteroatoms. The fourth-order valence-electron chi connectivity index (χ4n) is 6.39. The van der Waals surface area contributed by atoms with Crippen molar-refractivity contribution < 1.29 is 27.5 Å². The number of amides is 2. The molecule has 0 spiro atoms. The number of ether oxygens (including phenoxy) is 1. The van der Waals surface area contributed by atoms with Gasteiger partial charge >= 0.3 is 6.18 Å². The molecule has 1 aliphatic heterocycles. The number of piperidine rings is 1. The highest BCUT2D eigenvalue weighted by molar-refractivity contribution is 6.00. The molecule has 2 N–H and O–H groups in total. The molecular formula is C34H38F3N3O3. The molecule has 0 aromatic heterocycles. The summed E-state index contributed by atoms with van der Waals surface area (Å²) in [5, 5.41) is 5.32. The number of rotatable bonds is 12. The standard InChI is InChI=1S/C34H38F3N3O3/c35-34(36,37)24-38-32(42)33(29-14-6-4-12-27(29)28-13-5-7-15-30(28)33)19-8-9-20-40-21-16-25(17-22-40)39-31(41)18-23-43-26-10-2-1-3-11-26/h1-7,10-15,25H,8-9,16-24H2,(H,38,42)(H,39,41). The minimum atomic E-state index is -4.49. The van der Waals surface area contributed by atoms with Gasteiger partial charge in [0.05, 0.1) is 13.0 Å². The number of unbranched alkanes of at least 4 members (excludes halogenated alkanes) is 1. The van der Waals surface area contributed by atoms with E-state index in [2.05, 4.69) is 15.5 Å². The number of nitrogens with one attached hydrogen (secondary N) is 2. The Morgan fingerprint density at radius 3 is 2.09 bits per heavy atom. The smallest absolute Gasteiger partial charge is 0.405 e. The topological polar surface area (TPSA) is 70.7 Å². The fourth-order valence-corrected chi connectivity index (χ4v) is 6.39. The van der Waals surface area contributed by atoms with E-state index in [4.69, 9.17) is 4.74 Å². The highest BCUT2D eigenvalue weighted by Crippen LogP contribution is 2.51. The van der Waals surface area contributed by atoms with Gasteiger partial charge in [0.1, 0.15) is 17.7 Å². The fraction of sp³-hybridized carbons (Fsp3) is 0.412. The number of benzene rings is 3. The van der Waals surface area contributed by atoms with E-state index in [1.165, 1.54) is 0 Å². The maximum Gasteiger partial charge on any atom is 0.405 e. The second-order valence-corrected chi connectivity index (χ2v) is 11.3. The third-order valence-corrected chi connectivity index (χ3v) is 8.47. The van der Waals surface area contributed by atoms with Crippen LogP contribution in [-0.2, 0) is 15.0 Å². The van der Waals surface area contributed by atoms with Crippen LogP contribution >= 0.6 is 0 Å². The quantitative estimate of drug-likeness (QED) is 0.259. The molecule has 0 bridgehead atoms. The lowest BCUT2D eigenvalue weighted by Gasteiger charge is -2.33. The van der Waals surface area contributed by atoms with Crippen LogP contribution in [0, 0.1) is 0 Å². The first kappa shape index (κ1) is 30.6. The van der Waals surface area contributed by atoms with Crippen LogP contribution < -0.4 is 15.4 Å². The van der Waals surface area contributed by atoms with E-state index in [9.17, 15) is 22.8 Å². The molecule has 2 aliphatic rings. The monoisotopic (exact) mass is 593 g/mol. The van der Waals surface area contributed by atoms with Gasteiger partial charge in [0.25, 0.3) is 0 Å². The molecule has 1 heterocycles. The third-order valence-electron chi connectivity index (χ3n) is 8.47. The Labute approximate surface area is 250 Å². The minimum absolute atomic E-state index is 0.0133. The van der Waals surface area contributed by atoms with Crippen LogP contribution in [0.2, 0.25) is 0 Å². The van der Waals surface area contributed by atoms with Crippen LogP contribution in [0.25, 0.3) is 11.1 Å². The minimum Gasteiger partial charge on any atom is -0.493 e. The van der Waals surface area contributed by atoms with Crippen molar-refractivity contribution in [3.8, 4) is 16.9 Å². The molecular weight excluding hydrogens is 555 g/mol. The molecule has 0 unspecified atom stereocenters. The van der Waals surface area contributed by atoms with Crippen molar-refractivity contribution in [1.29, 1.82) is 0 Å². The average molecular weight is 594 g/mol. The van der Waals surface area contributed by atoms with Gasteiger partial charge in [-0.05, 0) is 66.6 Å². The van der Waals surface area contributed by atoms with Gasteiger partial charge < -0.3 is 20.3 Å². The largest absolute Gasteiger partial charge is 0.493 e. The van der Waals surface area contributed by atoms with E-state index in [-0.39, 0.29) is 11.9 Å². The SMILES string of the molecule is O=C(CCOc1ccccc1)NC1CCN(CCCCC2(C(=O)NCC(F)(F)F)c3ccccc3-c3ccccc32)CC1. The number of halogens is 3. The Morgan fingerprint density at radius 1 is 0.860 bits per heavy atom. The zero-order chi connectivity index (χ0) is 30.3. The van der Waals surface area contributed by atoms with Gasteiger partial charge in [0.2, 0.25) is 11.8 Å². The molecule has 1 fully saturated rings. The van der Waals surface area contributed by atoms with E-state index >= 15 is 0 Å². The summed E-state index contributed by atoms with van der Waals surface area (Å²) in [6.45, 7) is 1.51. The van der Waals surface area contributed by atoms with Gasteiger partial charge in [-0.15, -0.1) is 0 Å². The van der Waals surface area contributed by atoms with Crippen molar-refractivity contribution in [3.63, 3.8) is 0 Å². The average Bonchev–Trinajstić information content (AvgIpc) is 3.30. The Hall–Kier alpha value is -3.85. The molecule has 1 aliphatic carbocycles. The number of para-hydroxylation sites is 1. The molecule has 1 saturated heterocycles. The van der Waals surface area contributed by atoms with Crippen LogP contribution in [0.1, 0.15) is 49.7 Å². The Morgan fingerprint density at radius 2 is 1.47 bits per heavy atom. The molecule has 3 aromatic carbocycles. The number of hydrogen-bond donors (Lipinski definition) is 2. The summed E-state index contributed by atoms with van der Waals surface area (Å²) >= 11 is 0. The first-order chi connectivity index (χ1) is 20.8. The summed E-state index contributed by atoms with van der Waals surface area (Å²) in [6.07, 6.45) is -0.559. The maximum absolute atomic E-state index is 13.6. The zero-order valence-electron chi connectivity index (χ0n) is 24.2. The molecule has 5 rings (SSSR count). The first-order valence-electron chi connectivity index (χ1n) is 15.0. The molecule has 3 aromatic rings. The molecule has 0 atom stereocenters. The van der Waals surface area contributed by atoms with Crippen LogP contribution in [-0.4, -0.2) is 61.7 Å². The number of carbonyl (C=O) groups excluding carboxylic acids is 2. The molecule has 43 heavy (non-hydrogen) atoms. The Bertz CT molecular complexity index is 1340. The lowest BCUT2D eigenvalue weighted by molar-refractivity contribution is -0.141. The zero-order valence-corrected chi connectivity index (χ0v) is 24.2. The summed E-state index contributed by atoms with van der Waals surface area (Å²) in [6, 6.07) is 24.6. The van der Waals surface area contributed by atoms with Gasteiger partial charge in [0.15, 0.2) is 0 Å². The lowest BCUT2D eigenvalue weighted by Crippen LogP contribution is -2.47. The van der Waals surface area contributed by atoms with E-state index in [0.717, 1.165) is 66.9 Å². The van der Waals surface area contributed by atoms with Crippen molar-refractivity contribution in [1.82, 2.24) is 15.5 Å². The number of hydrogen-bond acceptors (Lipinski definition) is 4. The van der Waals surface area contributed by atoms with Crippen molar-refractivity contribution in [2.24, 2.45) is 0 Å². The summed E-state index contributed by atoms with van der Waals surface area (Å²) < 4.78 is 44.9. The number of fused-ring (bicyclic) bond motifs is 3. The first-order valence-corrected chi connectivity index (χ1v) is 15.0. The van der Waals surface area contributed by atoms with Crippen molar-refractivity contribution in [3.05, 3.63) is 90.0 Å². The van der Waals surface area contributed by atoms with Crippen LogP contribution in [0.15, 0.2) is 78.9 Å².